The average Bonchev–Trinajstić information content (AvgIpc) is 2.85. The lowest BCUT2D eigenvalue weighted by Gasteiger charge is -2.05. The molecule has 7 heteroatoms. The number of hydrogen-bond donors (Lipinski definition) is 0. The van der Waals surface area contributed by atoms with E-state index in [-0.39, 0.29) is 6.61 Å². The van der Waals surface area contributed by atoms with E-state index in [0.29, 0.717) is 28.0 Å². The van der Waals surface area contributed by atoms with Gasteiger partial charge in [-0.2, -0.15) is 0 Å². The SMILES string of the molecule is CCOC(=O)c1c(C=CC(=O)Oc2cccnc2Br)c(C)n(CC)c1C. The Bertz CT molecular complexity index is 855. The van der Waals surface area contributed by atoms with Crippen LogP contribution in [0.25, 0.3) is 6.08 Å². The predicted molar refractivity (Wildman–Crippen MR) is 102 cm³/mol. The quantitative estimate of drug-likeness (QED) is 0.400. The van der Waals surface area contributed by atoms with Crippen molar-refractivity contribution >= 4 is 33.9 Å². The summed E-state index contributed by atoms with van der Waals surface area (Å²) < 4.78 is 12.9. The second kappa shape index (κ2) is 8.80. The van der Waals surface area contributed by atoms with Crippen LogP contribution in [0.5, 0.6) is 5.75 Å². The number of halogens is 1. The van der Waals surface area contributed by atoms with Crippen LogP contribution in [0, 0.1) is 13.8 Å². The van der Waals surface area contributed by atoms with E-state index >= 15 is 0 Å². The fourth-order valence-electron chi connectivity index (χ4n) is 2.79. The van der Waals surface area contributed by atoms with E-state index in [0.717, 1.165) is 11.4 Å². The molecule has 0 radical (unpaired) electrons. The Morgan fingerprint density at radius 1 is 1.27 bits per heavy atom. The van der Waals surface area contributed by atoms with E-state index in [9.17, 15) is 9.59 Å². The number of rotatable bonds is 6. The van der Waals surface area contributed by atoms with Crippen molar-refractivity contribution in [3.63, 3.8) is 0 Å². The molecule has 2 rings (SSSR count). The van der Waals surface area contributed by atoms with Crippen molar-refractivity contribution in [2.45, 2.75) is 34.2 Å². The Morgan fingerprint density at radius 2 is 2.00 bits per heavy atom. The van der Waals surface area contributed by atoms with Gasteiger partial charge in [0.1, 0.15) is 4.60 Å². The molecule has 0 aliphatic carbocycles. The minimum absolute atomic E-state index is 0.287. The van der Waals surface area contributed by atoms with E-state index in [1.54, 1.807) is 31.3 Å². The van der Waals surface area contributed by atoms with Gasteiger partial charge in [-0.1, -0.05) is 0 Å². The first-order valence-corrected chi connectivity index (χ1v) is 9.07. The van der Waals surface area contributed by atoms with Crippen molar-refractivity contribution in [1.82, 2.24) is 9.55 Å². The first kappa shape index (κ1) is 19.9. The molecule has 0 atom stereocenters. The molecule has 2 heterocycles. The molecule has 0 aliphatic heterocycles. The van der Waals surface area contributed by atoms with Crippen LogP contribution < -0.4 is 4.74 Å². The third-order valence-corrected chi connectivity index (χ3v) is 4.54. The Hall–Kier alpha value is -2.41. The van der Waals surface area contributed by atoms with Gasteiger partial charge >= 0.3 is 11.9 Å². The second-order valence-electron chi connectivity index (χ2n) is 5.47. The third kappa shape index (κ3) is 4.22. The highest BCUT2D eigenvalue weighted by molar-refractivity contribution is 9.10. The molecule has 0 bridgehead atoms. The summed E-state index contributed by atoms with van der Waals surface area (Å²) in [6.07, 6.45) is 4.47. The number of carbonyl (C=O) groups is 2. The van der Waals surface area contributed by atoms with Gasteiger partial charge in [0, 0.05) is 35.8 Å². The molecule has 0 saturated heterocycles. The first-order chi connectivity index (χ1) is 12.4. The van der Waals surface area contributed by atoms with Gasteiger partial charge in [-0.15, -0.1) is 0 Å². The van der Waals surface area contributed by atoms with Crippen molar-refractivity contribution in [2.75, 3.05) is 6.61 Å². The lowest BCUT2D eigenvalue weighted by atomic mass is 10.1. The summed E-state index contributed by atoms with van der Waals surface area (Å²) in [5.74, 6) is -0.634. The van der Waals surface area contributed by atoms with Crippen LogP contribution in [0.2, 0.25) is 0 Å². The minimum Gasteiger partial charge on any atom is -0.462 e. The van der Waals surface area contributed by atoms with Crippen LogP contribution in [0.1, 0.15) is 41.2 Å². The van der Waals surface area contributed by atoms with Crippen molar-refractivity contribution in [3.05, 3.63) is 51.5 Å². The molecule has 0 aromatic carbocycles. The number of ether oxygens (including phenoxy) is 2. The topological polar surface area (TPSA) is 70.4 Å². The molecule has 0 unspecified atom stereocenters. The number of aromatic nitrogens is 2. The highest BCUT2D eigenvalue weighted by Gasteiger charge is 2.22. The number of esters is 2. The zero-order valence-electron chi connectivity index (χ0n) is 15.2. The summed E-state index contributed by atoms with van der Waals surface area (Å²) >= 11 is 3.23. The monoisotopic (exact) mass is 420 g/mol. The molecule has 0 amide bonds. The first-order valence-electron chi connectivity index (χ1n) is 8.27. The molecular formula is C19H21BrN2O4. The van der Waals surface area contributed by atoms with Crippen LogP contribution in [0.15, 0.2) is 29.0 Å². The molecule has 0 spiro atoms. The average molecular weight is 421 g/mol. The fourth-order valence-corrected chi connectivity index (χ4v) is 3.12. The summed E-state index contributed by atoms with van der Waals surface area (Å²) in [5.41, 5.74) is 2.83. The van der Waals surface area contributed by atoms with Gasteiger partial charge in [0.25, 0.3) is 0 Å². The van der Waals surface area contributed by atoms with Gasteiger partial charge < -0.3 is 14.0 Å². The van der Waals surface area contributed by atoms with E-state index in [2.05, 4.69) is 20.9 Å². The normalized spacial score (nSPS) is 11.0. The standard InChI is InChI=1S/C19H21BrN2O4/c1-5-22-12(3)14(17(13(22)4)19(24)25-6-2)9-10-16(23)26-15-8-7-11-21-18(15)20/h7-11H,5-6H2,1-4H3. The summed E-state index contributed by atoms with van der Waals surface area (Å²) in [6, 6.07) is 3.31. The Morgan fingerprint density at radius 3 is 2.62 bits per heavy atom. The fraction of sp³-hybridized carbons (Fsp3) is 0.316. The smallest absolute Gasteiger partial charge is 0.340 e. The lowest BCUT2D eigenvalue weighted by Crippen LogP contribution is -2.08. The van der Waals surface area contributed by atoms with E-state index in [1.165, 1.54) is 6.08 Å². The zero-order chi connectivity index (χ0) is 19.3. The molecule has 0 aliphatic rings. The van der Waals surface area contributed by atoms with Crippen LogP contribution in [0.4, 0.5) is 0 Å². The number of nitrogens with zero attached hydrogens (tertiary/aromatic N) is 2. The molecule has 2 aromatic rings. The molecule has 0 saturated carbocycles. The van der Waals surface area contributed by atoms with Gasteiger partial charge in [-0.25, -0.2) is 14.6 Å². The molecule has 2 aromatic heterocycles. The number of carbonyl (C=O) groups excluding carboxylic acids is 2. The molecule has 26 heavy (non-hydrogen) atoms. The van der Waals surface area contributed by atoms with Crippen LogP contribution in [-0.4, -0.2) is 28.1 Å². The third-order valence-electron chi connectivity index (χ3n) is 3.95. The minimum atomic E-state index is -0.560. The predicted octanol–water partition coefficient (Wildman–Crippen LogP) is 4.08. The van der Waals surface area contributed by atoms with Crippen LogP contribution in [0.3, 0.4) is 0 Å². The number of pyridine rings is 1. The van der Waals surface area contributed by atoms with Gasteiger partial charge in [-0.3, -0.25) is 0 Å². The maximum Gasteiger partial charge on any atom is 0.340 e. The Kier molecular flexibility index (Phi) is 6.74. The Labute approximate surface area is 161 Å². The van der Waals surface area contributed by atoms with Crippen LogP contribution >= 0.6 is 15.9 Å². The lowest BCUT2D eigenvalue weighted by molar-refractivity contribution is -0.128. The summed E-state index contributed by atoms with van der Waals surface area (Å²) in [7, 11) is 0. The number of hydrogen-bond acceptors (Lipinski definition) is 5. The van der Waals surface area contributed by atoms with E-state index in [4.69, 9.17) is 9.47 Å². The largest absolute Gasteiger partial charge is 0.462 e. The van der Waals surface area contributed by atoms with E-state index < -0.39 is 11.9 Å². The van der Waals surface area contributed by atoms with Gasteiger partial charge in [0.15, 0.2) is 5.75 Å². The van der Waals surface area contributed by atoms with Gasteiger partial charge in [0.2, 0.25) is 0 Å². The highest BCUT2D eigenvalue weighted by atomic mass is 79.9. The maximum atomic E-state index is 12.3. The van der Waals surface area contributed by atoms with Gasteiger partial charge in [0.05, 0.1) is 12.2 Å². The van der Waals surface area contributed by atoms with Crippen molar-refractivity contribution in [2.24, 2.45) is 0 Å². The van der Waals surface area contributed by atoms with Crippen molar-refractivity contribution in [3.8, 4) is 5.75 Å². The van der Waals surface area contributed by atoms with Crippen LogP contribution in [-0.2, 0) is 16.1 Å². The second-order valence-corrected chi connectivity index (χ2v) is 6.22. The van der Waals surface area contributed by atoms with Gasteiger partial charge in [-0.05, 0) is 61.8 Å². The molecule has 0 N–H and O–H groups in total. The molecule has 0 fully saturated rings. The molecule has 138 valence electrons. The molecular weight excluding hydrogens is 400 g/mol. The summed E-state index contributed by atoms with van der Waals surface area (Å²) in [6.45, 7) is 8.53. The summed E-state index contributed by atoms with van der Waals surface area (Å²) in [4.78, 5) is 28.5. The summed E-state index contributed by atoms with van der Waals surface area (Å²) in [5, 5.41) is 0. The Balaban J connectivity index is 2.33. The maximum absolute atomic E-state index is 12.3. The van der Waals surface area contributed by atoms with E-state index in [1.807, 2.05) is 25.3 Å². The zero-order valence-corrected chi connectivity index (χ0v) is 16.8. The van der Waals surface area contributed by atoms with Crippen molar-refractivity contribution < 1.29 is 19.1 Å². The van der Waals surface area contributed by atoms with Crippen molar-refractivity contribution in [1.29, 1.82) is 0 Å². The highest BCUT2D eigenvalue weighted by Crippen LogP contribution is 2.25. The molecule has 6 nitrogen and oxygen atoms in total.